The van der Waals surface area contributed by atoms with E-state index in [-0.39, 0.29) is 12.2 Å². The van der Waals surface area contributed by atoms with Crippen LogP contribution in [0.25, 0.3) is 0 Å². The highest BCUT2D eigenvalue weighted by atomic mass is 16.5. The van der Waals surface area contributed by atoms with Crippen molar-refractivity contribution in [2.75, 3.05) is 14.2 Å². The normalized spacial score (nSPS) is 35.6. The first-order chi connectivity index (χ1) is 6.74. The minimum atomic E-state index is -0.724. The predicted molar refractivity (Wildman–Crippen MR) is 50.5 cm³/mol. The van der Waals surface area contributed by atoms with Crippen molar-refractivity contribution in [1.29, 1.82) is 5.26 Å². The van der Waals surface area contributed by atoms with E-state index in [4.69, 9.17) is 14.7 Å². The maximum atomic E-state index is 9.84. The largest absolute Gasteiger partial charge is 0.386 e. The summed E-state index contributed by atoms with van der Waals surface area (Å²) in [5, 5.41) is 18.3. The number of hydrogen-bond acceptors (Lipinski definition) is 4. The summed E-state index contributed by atoms with van der Waals surface area (Å²) < 4.78 is 10.4. The van der Waals surface area contributed by atoms with Gasteiger partial charge in [-0.15, -0.1) is 0 Å². The molecule has 1 rings (SSSR count). The van der Waals surface area contributed by atoms with Crippen molar-refractivity contribution in [1.82, 2.24) is 0 Å². The molecule has 3 unspecified atom stereocenters. The lowest BCUT2D eigenvalue weighted by Crippen LogP contribution is -2.44. The Morgan fingerprint density at radius 2 is 2.21 bits per heavy atom. The maximum Gasteiger partial charge on any atom is 0.113 e. The number of nitrogens with zero attached hydrogens (tertiary/aromatic N) is 1. The fourth-order valence-corrected chi connectivity index (χ4v) is 1.81. The van der Waals surface area contributed by atoms with Gasteiger partial charge in [-0.1, -0.05) is 0 Å². The van der Waals surface area contributed by atoms with E-state index in [0.717, 1.165) is 12.0 Å². The molecule has 4 nitrogen and oxygen atoms in total. The predicted octanol–water partition coefficient (Wildman–Crippen LogP) is 0.621. The quantitative estimate of drug-likeness (QED) is 0.659. The molecule has 0 aliphatic heterocycles. The summed E-state index contributed by atoms with van der Waals surface area (Å²) in [7, 11) is 3.14. The van der Waals surface area contributed by atoms with Gasteiger partial charge in [0.25, 0.3) is 0 Å². The molecular formula is C10H15NO3. The molecule has 0 aromatic carbocycles. The van der Waals surface area contributed by atoms with E-state index in [2.05, 4.69) is 0 Å². The molecule has 14 heavy (non-hydrogen) atoms. The number of hydrogen-bond donors (Lipinski definition) is 1. The topological polar surface area (TPSA) is 62.5 Å². The third-order valence-corrected chi connectivity index (χ3v) is 2.60. The van der Waals surface area contributed by atoms with Crippen molar-refractivity contribution >= 4 is 0 Å². The van der Waals surface area contributed by atoms with Crippen LogP contribution in [0.15, 0.2) is 11.6 Å². The lowest BCUT2D eigenvalue weighted by atomic mass is 9.87. The van der Waals surface area contributed by atoms with E-state index >= 15 is 0 Å². The molecule has 0 saturated heterocycles. The van der Waals surface area contributed by atoms with Gasteiger partial charge in [-0.25, -0.2) is 0 Å². The molecule has 1 aliphatic rings. The third kappa shape index (κ3) is 2.13. The van der Waals surface area contributed by atoms with Crippen LogP contribution >= 0.6 is 0 Å². The summed E-state index contributed by atoms with van der Waals surface area (Å²) in [6, 6.07) is 1.93. The number of rotatable bonds is 2. The Hall–Kier alpha value is -0.890. The van der Waals surface area contributed by atoms with Gasteiger partial charge >= 0.3 is 0 Å². The van der Waals surface area contributed by atoms with Crippen LogP contribution < -0.4 is 0 Å². The highest BCUT2D eigenvalue weighted by Gasteiger charge is 2.35. The Balaban J connectivity index is 2.77. The van der Waals surface area contributed by atoms with Crippen molar-refractivity contribution in [3.05, 3.63) is 11.6 Å². The van der Waals surface area contributed by atoms with Gasteiger partial charge in [-0.3, -0.25) is 0 Å². The number of methoxy groups -OCH3 is 2. The zero-order chi connectivity index (χ0) is 10.6. The van der Waals surface area contributed by atoms with Crippen LogP contribution in [0, 0.1) is 11.3 Å². The summed E-state index contributed by atoms with van der Waals surface area (Å²) >= 11 is 0. The molecule has 0 radical (unpaired) electrons. The monoisotopic (exact) mass is 197 g/mol. The highest BCUT2D eigenvalue weighted by Crippen LogP contribution is 2.27. The van der Waals surface area contributed by atoms with Gasteiger partial charge in [0, 0.05) is 20.3 Å². The van der Waals surface area contributed by atoms with Crippen LogP contribution in [0.4, 0.5) is 0 Å². The SMILES string of the molecule is COC1CC/C(=C\C#N)C(O)C1OC. The molecular weight excluding hydrogens is 182 g/mol. The standard InChI is InChI=1S/C10H15NO3/c1-13-8-4-3-7(5-6-11)9(12)10(8)14-2/h5,8-10,12H,3-4H2,1-2H3/b7-5+. The van der Waals surface area contributed by atoms with Gasteiger partial charge in [-0.2, -0.15) is 5.26 Å². The van der Waals surface area contributed by atoms with E-state index < -0.39 is 6.10 Å². The number of ether oxygens (including phenoxy) is 2. The van der Waals surface area contributed by atoms with Crippen molar-refractivity contribution in [3.63, 3.8) is 0 Å². The molecule has 0 bridgehead atoms. The number of aliphatic hydroxyl groups excluding tert-OH is 1. The fraction of sp³-hybridized carbons (Fsp3) is 0.700. The zero-order valence-corrected chi connectivity index (χ0v) is 8.43. The summed E-state index contributed by atoms with van der Waals surface area (Å²) in [6.07, 6.45) is 1.67. The Labute approximate surface area is 83.7 Å². The van der Waals surface area contributed by atoms with Gasteiger partial charge in [0.2, 0.25) is 0 Å². The Kier molecular flexibility index (Phi) is 4.08. The van der Waals surface area contributed by atoms with E-state index in [1.165, 1.54) is 13.2 Å². The fourth-order valence-electron chi connectivity index (χ4n) is 1.81. The van der Waals surface area contributed by atoms with E-state index in [1.807, 2.05) is 6.07 Å². The lowest BCUT2D eigenvalue weighted by Gasteiger charge is -2.34. The Morgan fingerprint density at radius 1 is 1.50 bits per heavy atom. The second kappa shape index (κ2) is 5.11. The highest BCUT2D eigenvalue weighted by molar-refractivity contribution is 5.21. The minimum absolute atomic E-state index is 0.0918. The van der Waals surface area contributed by atoms with Crippen molar-refractivity contribution < 1.29 is 14.6 Å². The second-order valence-corrected chi connectivity index (χ2v) is 3.31. The molecule has 0 aromatic heterocycles. The number of nitriles is 1. The average Bonchev–Trinajstić information content (AvgIpc) is 2.21. The molecule has 0 heterocycles. The first kappa shape index (κ1) is 11.2. The van der Waals surface area contributed by atoms with E-state index in [1.54, 1.807) is 7.11 Å². The first-order valence-electron chi connectivity index (χ1n) is 4.56. The Morgan fingerprint density at radius 3 is 2.71 bits per heavy atom. The minimum Gasteiger partial charge on any atom is -0.386 e. The average molecular weight is 197 g/mol. The molecule has 78 valence electrons. The smallest absolute Gasteiger partial charge is 0.113 e. The molecule has 0 spiro atoms. The van der Waals surface area contributed by atoms with Crippen LogP contribution in [0.5, 0.6) is 0 Å². The summed E-state index contributed by atoms with van der Waals surface area (Å²) in [6.45, 7) is 0. The molecule has 1 N–H and O–H groups in total. The van der Waals surface area contributed by atoms with Crippen LogP contribution in [-0.4, -0.2) is 37.6 Å². The van der Waals surface area contributed by atoms with Crippen LogP contribution in [0.3, 0.4) is 0 Å². The molecule has 0 amide bonds. The zero-order valence-electron chi connectivity index (χ0n) is 8.43. The van der Waals surface area contributed by atoms with Crippen LogP contribution in [0.2, 0.25) is 0 Å². The molecule has 3 atom stereocenters. The summed E-state index contributed by atoms with van der Waals surface area (Å²) in [5.41, 5.74) is 0.729. The van der Waals surface area contributed by atoms with Gasteiger partial charge in [0.05, 0.1) is 12.2 Å². The van der Waals surface area contributed by atoms with Gasteiger partial charge in [-0.05, 0) is 18.4 Å². The van der Waals surface area contributed by atoms with Crippen molar-refractivity contribution in [2.24, 2.45) is 0 Å². The Bertz CT molecular complexity index is 257. The van der Waals surface area contributed by atoms with E-state index in [9.17, 15) is 5.11 Å². The molecule has 1 aliphatic carbocycles. The molecule has 1 fully saturated rings. The van der Waals surface area contributed by atoms with Crippen molar-refractivity contribution in [3.8, 4) is 6.07 Å². The van der Waals surface area contributed by atoms with Crippen LogP contribution in [-0.2, 0) is 9.47 Å². The first-order valence-corrected chi connectivity index (χ1v) is 4.56. The van der Waals surface area contributed by atoms with Gasteiger partial charge < -0.3 is 14.6 Å². The molecule has 4 heteroatoms. The lowest BCUT2D eigenvalue weighted by molar-refractivity contribution is -0.0988. The maximum absolute atomic E-state index is 9.84. The van der Waals surface area contributed by atoms with Gasteiger partial charge in [0.15, 0.2) is 0 Å². The van der Waals surface area contributed by atoms with Crippen LogP contribution in [0.1, 0.15) is 12.8 Å². The molecule has 0 aromatic rings. The summed E-state index contributed by atoms with van der Waals surface area (Å²) in [5.74, 6) is 0. The number of aliphatic hydroxyl groups is 1. The second-order valence-electron chi connectivity index (χ2n) is 3.31. The third-order valence-electron chi connectivity index (χ3n) is 2.60. The van der Waals surface area contributed by atoms with E-state index in [0.29, 0.717) is 6.42 Å². The summed E-state index contributed by atoms with van der Waals surface area (Å²) in [4.78, 5) is 0. The molecule has 1 saturated carbocycles. The van der Waals surface area contributed by atoms with Crippen molar-refractivity contribution in [2.45, 2.75) is 31.2 Å². The number of allylic oxidation sites excluding steroid dienone is 1. The van der Waals surface area contributed by atoms with Gasteiger partial charge in [0.1, 0.15) is 12.2 Å².